The standard InChI is InChI=1S/C18H24N2O6S/c1-12-6-13(2)8-14(7-12)18(23)19-9-17(22)26-10-16(21)20(3)15-4-5-27(24,25)11-15/h6-8,15H,4-5,9-11H2,1-3H3,(H,19,23)/t15-/m0/s1. The van der Waals surface area contributed by atoms with Gasteiger partial charge in [0.25, 0.3) is 11.8 Å². The molecule has 1 aromatic carbocycles. The van der Waals surface area contributed by atoms with Crippen LogP contribution in [0.3, 0.4) is 0 Å². The lowest BCUT2D eigenvalue weighted by molar-refractivity contribution is -0.151. The fourth-order valence-corrected chi connectivity index (χ4v) is 4.71. The van der Waals surface area contributed by atoms with Crippen LogP contribution in [-0.4, -0.2) is 68.8 Å². The average molecular weight is 396 g/mol. The van der Waals surface area contributed by atoms with Gasteiger partial charge in [0.15, 0.2) is 16.4 Å². The maximum Gasteiger partial charge on any atom is 0.325 e. The predicted octanol–water partition coefficient (Wildman–Crippen LogP) is 0.222. The molecule has 1 aliphatic rings. The molecule has 0 bridgehead atoms. The van der Waals surface area contributed by atoms with Crippen LogP contribution in [0, 0.1) is 13.8 Å². The highest BCUT2D eigenvalue weighted by atomic mass is 32.2. The van der Waals surface area contributed by atoms with E-state index >= 15 is 0 Å². The third-order valence-electron chi connectivity index (χ3n) is 4.38. The monoisotopic (exact) mass is 396 g/mol. The highest BCUT2D eigenvalue weighted by Gasteiger charge is 2.32. The molecule has 27 heavy (non-hydrogen) atoms. The van der Waals surface area contributed by atoms with Crippen LogP contribution >= 0.6 is 0 Å². The van der Waals surface area contributed by atoms with Crippen LogP contribution in [0.25, 0.3) is 0 Å². The first-order chi connectivity index (χ1) is 12.6. The molecule has 0 saturated carbocycles. The molecule has 148 valence electrons. The van der Waals surface area contributed by atoms with Crippen molar-refractivity contribution in [1.29, 1.82) is 0 Å². The Morgan fingerprint density at radius 1 is 1.19 bits per heavy atom. The normalized spacial score (nSPS) is 18.0. The quantitative estimate of drug-likeness (QED) is 0.689. The molecule has 8 nitrogen and oxygen atoms in total. The molecule has 0 radical (unpaired) electrons. The second kappa shape index (κ2) is 8.51. The Labute approximate surface area is 158 Å². The summed E-state index contributed by atoms with van der Waals surface area (Å²) in [5.41, 5.74) is 2.31. The number of carbonyl (C=O) groups excluding carboxylic acids is 3. The Bertz CT molecular complexity index is 829. The van der Waals surface area contributed by atoms with Crippen molar-refractivity contribution in [2.75, 3.05) is 31.7 Å². The van der Waals surface area contributed by atoms with Crippen molar-refractivity contribution in [3.8, 4) is 0 Å². The summed E-state index contributed by atoms with van der Waals surface area (Å²) in [6, 6.07) is 4.96. The number of ether oxygens (including phenoxy) is 1. The molecule has 0 aliphatic carbocycles. The first-order valence-electron chi connectivity index (χ1n) is 8.55. The van der Waals surface area contributed by atoms with Crippen LogP contribution in [0.1, 0.15) is 27.9 Å². The maximum absolute atomic E-state index is 12.1. The molecule has 0 unspecified atom stereocenters. The minimum Gasteiger partial charge on any atom is -0.454 e. The van der Waals surface area contributed by atoms with Crippen LogP contribution in [0.15, 0.2) is 18.2 Å². The number of rotatable bonds is 6. The molecule has 1 N–H and O–H groups in total. The zero-order chi connectivity index (χ0) is 20.2. The SMILES string of the molecule is Cc1cc(C)cc(C(=O)NCC(=O)OCC(=O)N(C)[C@H]2CCS(=O)(=O)C2)c1. The summed E-state index contributed by atoms with van der Waals surface area (Å²) >= 11 is 0. The number of aryl methyl sites for hydroxylation is 2. The minimum absolute atomic E-state index is 0.0551. The average Bonchev–Trinajstić information content (AvgIpc) is 2.95. The maximum atomic E-state index is 12.1. The second-order valence-electron chi connectivity index (χ2n) is 6.78. The van der Waals surface area contributed by atoms with Gasteiger partial charge in [0, 0.05) is 18.7 Å². The van der Waals surface area contributed by atoms with Gasteiger partial charge in [0.2, 0.25) is 0 Å². The zero-order valence-corrected chi connectivity index (χ0v) is 16.5. The Morgan fingerprint density at radius 3 is 2.37 bits per heavy atom. The van der Waals surface area contributed by atoms with E-state index in [0.29, 0.717) is 12.0 Å². The van der Waals surface area contributed by atoms with Gasteiger partial charge in [-0.05, 0) is 32.4 Å². The summed E-state index contributed by atoms with van der Waals surface area (Å²) in [4.78, 5) is 37.2. The lowest BCUT2D eigenvalue weighted by atomic mass is 10.1. The lowest BCUT2D eigenvalue weighted by Crippen LogP contribution is -2.41. The molecular weight excluding hydrogens is 372 g/mol. The second-order valence-corrected chi connectivity index (χ2v) is 9.01. The summed E-state index contributed by atoms with van der Waals surface area (Å²) in [6.45, 7) is 2.89. The molecule has 1 aliphatic heterocycles. The van der Waals surface area contributed by atoms with E-state index in [1.807, 2.05) is 19.9 Å². The van der Waals surface area contributed by atoms with Crippen molar-refractivity contribution < 1.29 is 27.5 Å². The molecule has 1 fully saturated rings. The molecule has 1 aromatic rings. The van der Waals surface area contributed by atoms with E-state index in [9.17, 15) is 22.8 Å². The van der Waals surface area contributed by atoms with Crippen molar-refractivity contribution in [2.45, 2.75) is 26.3 Å². The molecule has 0 aromatic heterocycles. The number of esters is 1. The smallest absolute Gasteiger partial charge is 0.325 e. The first kappa shape index (κ1) is 20.9. The van der Waals surface area contributed by atoms with Crippen molar-refractivity contribution >= 4 is 27.6 Å². The number of nitrogens with zero attached hydrogens (tertiary/aromatic N) is 1. The van der Waals surface area contributed by atoms with Crippen LogP contribution in [0.4, 0.5) is 0 Å². The minimum atomic E-state index is -3.11. The van der Waals surface area contributed by atoms with Gasteiger partial charge in [-0.3, -0.25) is 14.4 Å². The Hall–Kier alpha value is -2.42. The molecular formula is C18H24N2O6S. The van der Waals surface area contributed by atoms with E-state index in [1.54, 1.807) is 12.1 Å². The number of nitrogens with one attached hydrogen (secondary N) is 1. The molecule has 9 heteroatoms. The molecule has 1 heterocycles. The van der Waals surface area contributed by atoms with Gasteiger partial charge in [-0.2, -0.15) is 0 Å². The molecule has 1 saturated heterocycles. The third kappa shape index (κ3) is 6.06. The van der Waals surface area contributed by atoms with Gasteiger partial charge < -0.3 is 15.0 Å². The Morgan fingerprint density at radius 2 is 1.81 bits per heavy atom. The summed E-state index contributed by atoms with van der Waals surface area (Å²) < 4.78 is 27.8. The number of sulfone groups is 1. The van der Waals surface area contributed by atoms with Gasteiger partial charge in [0.1, 0.15) is 6.54 Å². The van der Waals surface area contributed by atoms with Crippen LogP contribution in [0.5, 0.6) is 0 Å². The summed E-state index contributed by atoms with van der Waals surface area (Å²) in [5, 5.41) is 2.45. The Kier molecular flexibility index (Phi) is 6.59. The number of hydrogen-bond acceptors (Lipinski definition) is 6. The largest absolute Gasteiger partial charge is 0.454 e. The lowest BCUT2D eigenvalue weighted by Gasteiger charge is -2.23. The van der Waals surface area contributed by atoms with Crippen molar-refractivity contribution in [1.82, 2.24) is 10.2 Å². The number of likely N-dealkylation sites (N-methyl/N-ethyl adjacent to an activating group) is 1. The Balaban J connectivity index is 1.77. The van der Waals surface area contributed by atoms with Gasteiger partial charge in [0.05, 0.1) is 11.5 Å². The van der Waals surface area contributed by atoms with E-state index in [-0.39, 0.29) is 18.1 Å². The highest BCUT2D eigenvalue weighted by molar-refractivity contribution is 7.91. The van der Waals surface area contributed by atoms with Gasteiger partial charge in [-0.15, -0.1) is 0 Å². The number of amides is 2. The van der Waals surface area contributed by atoms with E-state index in [2.05, 4.69) is 5.32 Å². The number of hydrogen-bond donors (Lipinski definition) is 1. The molecule has 1 atom stereocenters. The van der Waals surface area contributed by atoms with Gasteiger partial charge in [-0.25, -0.2) is 8.42 Å². The fraction of sp³-hybridized carbons (Fsp3) is 0.500. The van der Waals surface area contributed by atoms with Gasteiger partial charge >= 0.3 is 5.97 Å². The fourth-order valence-electron chi connectivity index (χ4n) is 2.94. The summed E-state index contributed by atoms with van der Waals surface area (Å²) in [5.74, 6) is -1.65. The highest BCUT2D eigenvalue weighted by Crippen LogP contribution is 2.16. The van der Waals surface area contributed by atoms with Crippen molar-refractivity contribution in [3.63, 3.8) is 0 Å². The molecule has 2 amide bonds. The van der Waals surface area contributed by atoms with Crippen LogP contribution < -0.4 is 5.32 Å². The zero-order valence-electron chi connectivity index (χ0n) is 15.6. The molecule has 0 spiro atoms. The number of benzene rings is 1. The van der Waals surface area contributed by atoms with E-state index in [0.717, 1.165) is 11.1 Å². The predicted molar refractivity (Wildman–Crippen MR) is 99.0 cm³/mol. The molecule has 2 rings (SSSR count). The first-order valence-corrected chi connectivity index (χ1v) is 10.4. The van der Waals surface area contributed by atoms with Crippen LogP contribution in [-0.2, 0) is 24.2 Å². The number of carbonyl (C=O) groups is 3. The van der Waals surface area contributed by atoms with Crippen molar-refractivity contribution in [2.24, 2.45) is 0 Å². The van der Waals surface area contributed by atoms with Crippen molar-refractivity contribution in [3.05, 3.63) is 34.9 Å². The summed E-state index contributed by atoms with van der Waals surface area (Å²) in [7, 11) is -1.62. The topological polar surface area (TPSA) is 110 Å². The third-order valence-corrected chi connectivity index (χ3v) is 6.13. The van der Waals surface area contributed by atoms with Crippen LogP contribution in [0.2, 0.25) is 0 Å². The van der Waals surface area contributed by atoms with E-state index in [4.69, 9.17) is 4.74 Å². The van der Waals surface area contributed by atoms with E-state index < -0.39 is 40.3 Å². The van der Waals surface area contributed by atoms with E-state index in [1.165, 1.54) is 11.9 Å². The summed E-state index contributed by atoms with van der Waals surface area (Å²) in [6.07, 6.45) is 0.379. The van der Waals surface area contributed by atoms with Gasteiger partial charge in [-0.1, -0.05) is 17.2 Å².